The third-order valence-corrected chi connectivity index (χ3v) is 4.71. The zero-order valence-corrected chi connectivity index (χ0v) is 12.0. The van der Waals surface area contributed by atoms with E-state index in [1.54, 1.807) is 0 Å². The van der Waals surface area contributed by atoms with Crippen molar-refractivity contribution in [1.82, 2.24) is 5.43 Å². The highest BCUT2D eigenvalue weighted by molar-refractivity contribution is 4.88. The summed E-state index contributed by atoms with van der Waals surface area (Å²) in [5, 5.41) is 0. The number of alkyl halides is 3. The largest absolute Gasteiger partial charge is 0.392 e. The lowest BCUT2D eigenvalue weighted by molar-refractivity contribution is -0.199. The van der Waals surface area contributed by atoms with Crippen LogP contribution in [0.25, 0.3) is 0 Å². The van der Waals surface area contributed by atoms with Crippen molar-refractivity contribution in [2.24, 2.45) is 23.6 Å². The summed E-state index contributed by atoms with van der Waals surface area (Å²) in [6.45, 7) is 4.17. The van der Waals surface area contributed by atoms with Crippen LogP contribution in [-0.2, 0) is 0 Å². The van der Waals surface area contributed by atoms with Gasteiger partial charge >= 0.3 is 6.18 Å². The van der Waals surface area contributed by atoms with Crippen LogP contribution in [0.1, 0.15) is 58.8 Å². The summed E-state index contributed by atoms with van der Waals surface area (Å²) >= 11 is 0. The Kier molecular flexibility index (Phi) is 6.60. The van der Waals surface area contributed by atoms with Crippen molar-refractivity contribution in [2.75, 3.05) is 0 Å². The van der Waals surface area contributed by atoms with Gasteiger partial charge in [0.25, 0.3) is 0 Å². The Morgan fingerprint density at radius 1 is 1.16 bits per heavy atom. The van der Waals surface area contributed by atoms with Crippen LogP contribution in [-0.4, -0.2) is 12.2 Å². The van der Waals surface area contributed by atoms with Crippen molar-refractivity contribution in [3.05, 3.63) is 0 Å². The maximum Gasteiger partial charge on any atom is 0.392 e. The molecule has 2 nitrogen and oxygen atoms in total. The molecule has 0 bridgehead atoms. The first-order valence-corrected chi connectivity index (χ1v) is 7.46. The van der Waals surface area contributed by atoms with Gasteiger partial charge in [-0.15, -0.1) is 0 Å². The van der Waals surface area contributed by atoms with Gasteiger partial charge in [-0.1, -0.05) is 39.5 Å². The van der Waals surface area contributed by atoms with Gasteiger partial charge in [0.15, 0.2) is 0 Å². The monoisotopic (exact) mass is 280 g/mol. The fourth-order valence-electron chi connectivity index (χ4n) is 3.40. The number of rotatable bonds is 6. The first kappa shape index (κ1) is 16.8. The van der Waals surface area contributed by atoms with Crippen molar-refractivity contribution < 1.29 is 13.2 Å². The molecular formula is C14H27F3N2. The highest BCUT2D eigenvalue weighted by atomic mass is 19.4. The van der Waals surface area contributed by atoms with Crippen LogP contribution < -0.4 is 11.3 Å². The molecule has 0 spiro atoms. The van der Waals surface area contributed by atoms with Gasteiger partial charge in [0, 0.05) is 6.04 Å². The average Bonchev–Trinajstić information content (AvgIpc) is 2.39. The van der Waals surface area contributed by atoms with E-state index < -0.39 is 12.1 Å². The molecule has 3 atom stereocenters. The summed E-state index contributed by atoms with van der Waals surface area (Å²) in [4.78, 5) is 0. The molecule has 0 aromatic carbocycles. The molecule has 0 aromatic rings. The Hall–Kier alpha value is -0.290. The molecule has 5 heteroatoms. The zero-order valence-electron chi connectivity index (χ0n) is 12.0. The lowest BCUT2D eigenvalue weighted by Crippen LogP contribution is -2.48. The van der Waals surface area contributed by atoms with Gasteiger partial charge in [0.2, 0.25) is 0 Å². The summed E-state index contributed by atoms with van der Waals surface area (Å²) in [5.74, 6) is 4.46. The molecule has 0 heterocycles. The van der Waals surface area contributed by atoms with Crippen molar-refractivity contribution in [3.8, 4) is 0 Å². The summed E-state index contributed by atoms with van der Waals surface area (Å²) in [6, 6.07) is -0.211. The predicted molar refractivity (Wildman–Crippen MR) is 71.3 cm³/mol. The Balaban J connectivity index is 2.75. The van der Waals surface area contributed by atoms with Gasteiger partial charge in [-0.3, -0.25) is 11.3 Å². The standard InChI is InChI=1S/C14H27F3N2/c1-3-10(4-2)9-13(19-18)11-7-5-6-8-12(11)14(15,16)17/h10-13,19H,3-9,18H2,1-2H3. The Morgan fingerprint density at radius 2 is 1.74 bits per heavy atom. The van der Waals surface area contributed by atoms with Crippen LogP contribution >= 0.6 is 0 Å². The van der Waals surface area contributed by atoms with Crippen LogP contribution in [0.5, 0.6) is 0 Å². The summed E-state index contributed by atoms with van der Waals surface area (Å²) in [6.07, 6.45) is 1.13. The molecule has 3 unspecified atom stereocenters. The minimum absolute atomic E-state index is 0.211. The second-order valence-electron chi connectivity index (χ2n) is 5.79. The van der Waals surface area contributed by atoms with E-state index in [1.165, 1.54) is 0 Å². The fraction of sp³-hybridized carbons (Fsp3) is 1.00. The smallest absolute Gasteiger partial charge is 0.271 e. The number of nitrogens with two attached hydrogens (primary N) is 1. The van der Waals surface area contributed by atoms with Gasteiger partial charge < -0.3 is 0 Å². The predicted octanol–water partition coefficient (Wildman–Crippen LogP) is 4.01. The van der Waals surface area contributed by atoms with E-state index in [2.05, 4.69) is 19.3 Å². The van der Waals surface area contributed by atoms with Gasteiger partial charge in [-0.2, -0.15) is 13.2 Å². The summed E-state index contributed by atoms with van der Waals surface area (Å²) < 4.78 is 39.4. The Labute approximate surface area is 114 Å². The van der Waals surface area contributed by atoms with E-state index in [0.717, 1.165) is 25.7 Å². The second-order valence-corrected chi connectivity index (χ2v) is 5.79. The van der Waals surface area contributed by atoms with Crippen molar-refractivity contribution in [2.45, 2.75) is 71.0 Å². The quantitative estimate of drug-likeness (QED) is 0.570. The van der Waals surface area contributed by atoms with E-state index >= 15 is 0 Å². The molecule has 0 aliphatic heterocycles. The molecule has 1 aliphatic carbocycles. The molecule has 0 amide bonds. The highest BCUT2D eigenvalue weighted by Crippen LogP contribution is 2.43. The molecule has 19 heavy (non-hydrogen) atoms. The topological polar surface area (TPSA) is 38.0 Å². The molecule has 114 valence electrons. The average molecular weight is 280 g/mol. The third-order valence-electron chi connectivity index (χ3n) is 4.71. The SMILES string of the molecule is CCC(CC)CC(NN)C1CCCCC1C(F)(F)F. The second kappa shape index (κ2) is 7.48. The van der Waals surface area contributed by atoms with Crippen LogP contribution in [0.2, 0.25) is 0 Å². The van der Waals surface area contributed by atoms with Gasteiger partial charge in [0.05, 0.1) is 5.92 Å². The lowest BCUT2D eigenvalue weighted by Gasteiger charge is -2.39. The maximum atomic E-state index is 13.1. The van der Waals surface area contributed by atoms with Gasteiger partial charge in [-0.25, -0.2) is 0 Å². The molecule has 3 N–H and O–H groups in total. The molecule has 1 fully saturated rings. The zero-order chi connectivity index (χ0) is 14.5. The molecule has 0 aromatic heterocycles. The number of hydrazine groups is 1. The Bertz CT molecular complexity index is 252. The molecule has 1 rings (SSSR count). The van der Waals surface area contributed by atoms with Gasteiger partial charge in [-0.05, 0) is 31.1 Å². The lowest BCUT2D eigenvalue weighted by atomic mass is 9.72. The highest BCUT2D eigenvalue weighted by Gasteiger charge is 2.47. The fourth-order valence-corrected chi connectivity index (χ4v) is 3.40. The molecule has 0 saturated heterocycles. The Morgan fingerprint density at radius 3 is 2.21 bits per heavy atom. The number of hydrogen-bond donors (Lipinski definition) is 2. The van der Waals surface area contributed by atoms with Crippen molar-refractivity contribution in [1.29, 1.82) is 0 Å². The van der Waals surface area contributed by atoms with Gasteiger partial charge in [0.1, 0.15) is 0 Å². The minimum atomic E-state index is -4.09. The summed E-state index contributed by atoms with van der Waals surface area (Å²) in [5.41, 5.74) is 2.67. The first-order chi connectivity index (χ1) is 8.93. The van der Waals surface area contributed by atoms with E-state index in [4.69, 9.17) is 5.84 Å². The van der Waals surface area contributed by atoms with E-state index in [1.807, 2.05) is 0 Å². The van der Waals surface area contributed by atoms with E-state index in [-0.39, 0.29) is 18.4 Å². The molecule has 1 saturated carbocycles. The number of nitrogens with one attached hydrogen (secondary N) is 1. The normalized spacial score (nSPS) is 26.7. The number of hydrogen-bond acceptors (Lipinski definition) is 2. The van der Waals surface area contributed by atoms with Crippen LogP contribution in [0, 0.1) is 17.8 Å². The summed E-state index contributed by atoms with van der Waals surface area (Å²) in [7, 11) is 0. The third kappa shape index (κ3) is 4.63. The minimum Gasteiger partial charge on any atom is -0.271 e. The van der Waals surface area contributed by atoms with Crippen LogP contribution in [0.4, 0.5) is 13.2 Å². The van der Waals surface area contributed by atoms with E-state index in [9.17, 15) is 13.2 Å². The maximum absolute atomic E-state index is 13.1. The first-order valence-electron chi connectivity index (χ1n) is 7.46. The molecule has 1 aliphatic rings. The molecular weight excluding hydrogens is 253 g/mol. The number of halogens is 3. The van der Waals surface area contributed by atoms with Crippen molar-refractivity contribution >= 4 is 0 Å². The molecule has 0 radical (unpaired) electrons. The van der Waals surface area contributed by atoms with E-state index in [0.29, 0.717) is 18.8 Å². The van der Waals surface area contributed by atoms with Crippen LogP contribution in [0.15, 0.2) is 0 Å². The van der Waals surface area contributed by atoms with Crippen LogP contribution in [0.3, 0.4) is 0 Å². The van der Waals surface area contributed by atoms with Crippen molar-refractivity contribution in [3.63, 3.8) is 0 Å².